The molecule has 1 fully saturated rings. The van der Waals surface area contributed by atoms with E-state index in [0.717, 1.165) is 50.1 Å². The Hall–Kier alpha value is -1.81. The van der Waals surface area contributed by atoms with Crippen molar-refractivity contribution in [2.75, 3.05) is 42.6 Å². The number of aromatic nitrogens is 2. The molecule has 24 heavy (non-hydrogen) atoms. The minimum absolute atomic E-state index is 0.398. The highest BCUT2D eigenvalue weighted by Crippen LogP contribution is 2.18. The number of anilines is 1. The average Bonchev–Trinajstić information content (AvgIpc) is 3.01. The topological polar surface area (TPSA) is 57.5 Å². The average molecular weight is 349 g/mol. The van der Waals surface area contributed by atoms with E-state index in [4.69, 9.17) is 6.42 Å². The number of aliphatic imine (C=N–C) groups is 1. The van der Waals surface area contributed by atoms with Gasteiger partial charge in [0.25, 0.3) is 0 Å². The van der Waals surface area contributed by atoms with Crippen LogP contribution in [-0.2, 0) is 7.05 Å². The van der Waals surface area contributed by atoms with Crippen LogP contribution in [0.1, 0.15) is 19.8 Å². The number of guanidine groups is 1. The fraction of sp³-hybridized carbons (Fsp3) is 0.647. The number of rotatable bonds is 7. The van der Waals surface area contributed by atoms with Crippen LogP contribution in [0.3, 0.4) is 0 Å². The molecule has 1 aliphatic heterocycles. The SMILES string of the molecule is C#CCSCCN=C(NCC)N[C@H]1CCCN(c2cnn(C)c2)C1. The summed E-state index contributed by atoms with van der Waals surface area (Å²) in [4.78, 5) is 7.04. The Morgan fingerprint density at radius 3 is 3.17 bits per heavy atom. The molecule has 0 aromatic carbocycles. The second kappa shape index (κ2) is 10.1. The van der Waals surface area contributed by atoms with Gasteiger partial charge >= 0.3 is 0 Å². The number of terminal acetylenes is 1. The molecule has 1 saturated heterocycles. The molecule has 0 unspecified atom stereocenters. The summed E-state index contributed by atoms with van der Waals surface area (Å²) in [6, 6.07) is 0.398. The maximum Gasteiger partial charge on any atom is 0.191 e. The van der Waals surface area contributed by atoms with Crippen molar-refractivity contribution >= 4 is 23.4 Å². The first-order valence-electron chi connectivity index (χ1n) is 8.52. The molecule has 2 rings (SSSR count). The van der Waals surface area contributed by atoms with Crippen LogP contribution in [-0.4, -0.2) is 59.5 Å². The zero-order valence-electron chi connectivity index (χ0n) is 14.7. The van der Waals surface area contributed by atoms with E-state index in [1.165, 1.54) is 12.1 Å². The molecule has 7 heteroatoms. The lowest BCUT2D eigenvalue weighted by Crippen LogP contribution is -2.51. The van der Waals surface area contributed by atoms with Crippen LogP contribution in [0.4, 0.5) is 5.69 Å². The summed E-state index contributed by atoms with van der Waals surface area (Å²) in [5.41, 5.74) is 1.19. The van der Waals surface area contributed by atoms with Crippen LogP contribution >= 0.6 is 11.8 Å². The minimum atomic E-state index is 0.398. The van der Waals surface area contributed by atoms with E-state index < -0.39 is 0 Å². The summed E-state index contributed by atoms with van der Waals surface area (Å²) in [6.07, 6.45) is 11.6. The normalized spacial score (nSPS) is 18.3. The van der Waals surface area contributed by atoms with Gasteiger partial charge in [0, 0.05) is 44.7 Å². The van der Waals surface area contributed by atoms with Crippen LogP contribution in [0.5, 0.6) is 0 Å². The molecule has 0 saturated carbocycles. The van der Waals surface area contributed by atoms with Crippen LogP contribution in [0.25, 0.3) is 0 Å². The number of aryl methyl sites for hydroxylation is 1. The summed E-state index contributed by atoms with van der Waals surface area (Å²) in [6.45, 7) is 5.79. The smallest absolute Gasteiger partial charge is 0.191 e. The fourth-order valence-corrected chi connectivity index (χ4v) is 3.25. The summed E-state index contributed by atoms with van der Waals surface area (Å²) >= 11 is 1.74. The first-order chi connectivity index (χ1) is 11.7. The van der Waals surface area contributed by atoms with Gasteiger partial charge in [-0.05, 0) is 19.8 Å². The highest BCUT2D eigenvalue weighted by Gasteiger charge is 2.21. The van der Waals surface area contributed by atoms with Crippen molar-refractivity contribution < 1.29 is 0 Å². The van der Waals surface area contributed by atoms with E-state index in [1.807, 2.05) is 17.9 Å². The van der Waals surface area contributed by atoms with Crippen molar-refractivity contribution in [1.29, 1.82) is 0 Å². The predicted octanol–water partition coefficient (Wildman–Crippen LogP) is 1.31. The van der Waals surface area contributed by atoms with Gasteiger partial charge in [0.15, 0.2) is 5.96 Å². The van der Waals surface area contributed by atoms with Crippen LogP contribution in [0.15, 0.2) is 17.4 Å². The molecule has 1 aromatic heterocycles. The summed E-state index contributed by atoms with van der Waals surface area (Å²) < 4.78 is 1.85. The number of thioether (sulfide) groups is 1. The Labute approximate surface area is 149 Å². The van der Waals surface area contributed by atoms with E-state index in [1.54, 1.807) is 11.8 Å². The molecule has 1 aliphatic rings. The standard InChI is InChI=1S/C17H28N6S/c1-4-10-24-11-8-19-17(18-5-2)21-15-7-6-9-23(13-15)16-12-20-22(3)14-16/h1,12,14-15H,5-11,13H2,2-3H3,(H2,18,19,21)/t15-/m0/s1. The first-order valence-corrected chi connectivity index (χ1v) is 9.68. The van der Waals surface area contributed by atoms with Gasteiger partial charge in [0.05, 0.1) is 24.2 Å². The zero-order valence-corrected chi connectivity index (χ0v) is 15.5. The van der Waals surface area contributed by atoms with Crippen molar-refractivity contribution in [2.24, 2.45) is 12.0 Å². The summed E-state index contributed by atoms with van der Waals surface area (Å²) in [5.74, 6) is 5.24. The Morgan fingerprint density at radius 2 is 2.46 bits per heavy atom. The highest BCUT2D eigenvalue weighted by atomic mass is 32.2. The molecule has 0 radical (unpaired) electrons. The van der Waals surface area contributed by atoms with E-state index in [9.17, 15) is 0 Å². The molecular formula is C17H28N6S. The fourth-order valence-electron chi connectivity index (χ4n) is 2.77. The Bertz CT molecular complexity index is 562. The van der Waals surface area contributed by atoms with Crippen LogP contribution in [0.2, 0.25) is 0 Å². The highest BCUT2D eigenvalue weighted by molar-refractivity contribution is 7.99. The molecular weight excluding hydrogens is 320 g/mol. The second-order valence-corrected chi connectivity index (χ2v) is 6.92. The Morgan fingerprint density at radius 1 is 1.58 bits per heavy atom. The summed E-state index contributed by atoms with van der Waals surface area (Å²) in [7, 11) is 1.96. The first kappa shape index (κ1) is 18.5. The number of hydrogen-bond acceptors (Lipinski definition) is 4. The lowest BCUT2D eigenvalue weighted by molar-refractivity contribution is 0.468. The molecule has 2 heterocycles. The third-order valence-corrected chi connectivity index (χ3v) is 4.70. The lowest BCUT2D eigenvalue weighted by atomic mass is 10.1. The molecule has 132 valence electrons. The Kier molecular flexibility index (Phi) is 7.83. The Balaban J connectivity index is 1.86. The van der Waals surface area contributed by atoms with E-state index in [0.29, 0.717) is 6.04 Å². The van der Waals surface area contributed by atoms with Gasteiger partial charge in [0.2, 0.25) is 0 Å². The third-order valence-electron chi connectivity index (χ3n) is 3.85. The van der Waals surface area contributed by atoms with Gasteiger partial charge in [-0.15, -0.1) is 18.2 Å². The maximum absolute atomic E-state index is 5.26. The van der Waals surface area contributed by atoms with Crippen molar-refractivity contribution in [1.82, 2.24) is 20.4 Å². The molecule has 1 atom stereocenters. The quantitative estimate of drug-likeness (QED) is 0.337. The van der Waals surface area contributed by atoms with Gasteiger partial charge in [-0.25, -0.2) is 0 Å². The molecule has 0 amide bonds. The molecule has 1 aromatic rings. The van der Waals surface area contributed by atoms with E-state index >= 15 is 0 Å². The van der Waals surface area contributed by atoms with Gasteiger partial charge in [-0.3, -0.25) is 9.67 Å². The number of nitrogens with zero attached hydrogens (tertiary/aromatic N) is 4. The largest absolute Gasteiger partial charge is 0.367 e. The van der Waals surface area contributed by atoms with Crippen molar-refractivity contribution in [3.63, 3.8) is 0 Å². The van der Waals surface area contributed by atoms with Gasteiger partial charge in [0.1, 0.15) is 0 Å². The molecule has 6 nitrogen and oxygen atoms in total. The van der Waals surface area contributed by atoms with Crippen LogP contribution < -0.4 is 15.5 Å². The number of piperidine rings is 1. The molecule has 0 aliphatic carbocycles. The van der Waals surface area contributed by atoms with Crippen molar-refractivity contribution in [3.05, 3.63) is 12.4 Å². The van der Waals surface area contributed by atoms with Gasteiger partial charge < -0.3 is 15.5 Å². The maximum atomic E-state index is 5.26. The van der Waals surface area contributed by atoms with Gasteiger partial charge in [-0.2, -0.15) is 5.10 Å². The third kappa shape index (κ3) is 6.00. The molecule has 0 bridgehead atoms. The van der Waals surface area contributed by atoms with E-state index in [-0.39, 0.29) is 0 Å². The second-order valence-electron chi connectivity index (χ2n) is 5.82. The summed E-state index contributed by atoms with van der Waals surface area (Å²) in [5, 5.41) is 11.2. The minimum Gasteiger partial charge on any atom is -0.367 e. The van der Waals surface area contributed by atoms with E-state index in [2.05, 4.69) is 44.7 Å². The zero-order chi connectivity index (χ0) is 17.2. The molecule has 2 N–H and O–H groups in total. The van der Waals surface area contributed by atoms with Crippen LogP contribution in [0, 0.1) is 12.3 Å². The lowest BCUT2D eigenvalue weighted by Gasteiger charge is -2.34. The number of hydrogen-bond donors (Lipinski definition) is 2. The van der Waals surface area contributed by atoms with Crippen molar-refractivity contribution in [3.8, 4) is 12.3 Å². The van der Waals surface area contributed by atoms with Gasteiger partial charge in [-0.1, -0.05) is 5.92 Å². The molecule has 0 spiro atoms. The number of nitrogens with one attached hydrogen (secondary N) is 2. The monoisotopic (exact) mass is 348 g/mol. The van der Waals surface area contributed by atoms with Crippen molar-refractivity contribution in [2.45, 2.75) is 25.8 Å². The predicted molar refractivity (Wildman–Crippen MR) is 104 cm³/mol.